The molecule has 0 saturated heterocycles. The Balaban J connectivity index is 1.03. The number of para-hydroxylation sites is 3. The quantitative estimate of drug-likeness (QED) is 0.160. The van der Waals surface area contributed by atoms with E-state index < -0.39 is 5.41 Å². The molecule has 1 aliphatic carbocycles. The zero-order valence-corrected chi connectivity index (χ0v) is 36.9. The van der Waals surface area contributed by atoms with Gasteiger partial charge in [-0.2, -0.15) is 0 Å². The van der Waals surface area contributed by atoms with E-state index in [1.165, 1.54) is 33.4 Å². The third-order valence-electron chi connectivity index (χ3n) is 14.3. The van der Waals surface area contributed by atoms with E-state index >= 15 is 0 Å². The number of rotatable bonds is 7. The second-order valence-corrected chi connectivity index (χ2v) is 17.9. The fourth-order valence-corrected chi connectivity index (χ4v) is 11.4. The molecule has 68 heavy (non-hydrogen) atoms. The number of benzene rings is 11. The lowest BCUT2D eigenvalue weighted by Gasteiger charge is -2.35. The van der Waals surface area contributed by atoms with Crippen molar-refractivity contribution >= 4 is 71.7 Å². The standard InChI is InChI=1S/C65H41NO2/c1-4-19-42(20-5-1)48-26-13-16-33-59(48)66(46-35-37-51-50-28-12-15-32-57(50)65(58(51)40-46,44-22-6-2-7-23-44)45-24-8-3-9-25-45)47-36-38-53-56-39-43-21-10-11-27-49(43)62(64(56)68-61(53)41-47)55-31-18-30-54-52-29-14-17-34-60(52)67-63(54)55/h1-41H. The fraction of sp³-hybridized carbons (Fsp3) is 0.0154. The van der Waals surface area contributed by atoms with E-state index in [0.717, 1.165) is 94.0 Å². The smallest absolute Gasteiger partial charge is 0.144 e. The number of fused-ring (bicyclic) bond motifs is 10. The second kappa shape index (κ2) is 15.1. The number of hydrogen-bond donors (Lipinski definition) is 0. The first-order valence-corrected chi connectivity index (χ1v) is 23.3. The van der Waals surface area contributed by atoms with Gasteiger partial charge >= 0.3 is 0 Å². The SMILES string of the molecule is c1ccc(-c2ccccc2N(c2ccc3c(c2)C(c2ccccc2)(c2ccccc2)c2ccccc2-3)c2ccc3c(c2)oc2c(-c4cccc5c4oc4ccccc45)c4ccccc4cc23)cc1. The Morgan fingerprint density at radius 3 is 1.71 bits per heavy atom. The summed E-state index contributed by atoms with van der Waals surface area (Å²) in [5, 5.41) is 6.58. The third kappa shape index (κ3) is 5.60. The molecule has 13 aromatic rings. The Bertz CT molecular complexity index is 4050. The Kier molecular flexibility index (Phi) is 8.50. The third-order valence-corrected chi connectivity index (χ3v) is 14.3. The van der Waals surface area contributed by atoms with Crippen LogP contribution in [0, 0.1) is 0 Å². The van der Waals surface area contributed by atoms with Crippen LogP contribution < -0.4 is 4.90 Å². The van der Waals surface area contributed by atoms with Crippen LogP contribution in [0.15, 0.2) is 258 Å². The molecule has 0 saturated carbocycles. The van der Waals surface area contributed by atoms with Crippen LogP contribution in [-0.2, 0) is 5.41 Å². The predicted molar refractivity (Wildman–Crippen MR) is 281 cm³/mol. The number of furan rings is 2. The number of anilines is 3. The zero-order valence-electron chi connectivity index (χ0n) is 36.9. The first-order valence-electron chi connectivity index (χ1n) is 23.3. The van der Waals surface area contributed by atoms with Gasteiger partial charge in [-0.1, -0.05) is 200 Å². The maximum Gasteiger partial charge on any atom is 0.144 e. The van der Waals surface area contributed by atoms with Gasteiger partial charge in [-0.3, -0.25) is 0 Å². The summed E-state index contributed by atoms with van der Waals surface area (Å²) in [5.74, 6) is 0. The van der Waals surface area contributed by atoms with Gasteiger partial charge in [-0.05, 0) is 92.2 Å². The Hall–Kier alpha value is -8.92. The van der Waals surface area contributed by atoms with E-state index in [1.54, 1.807) is 0 Å². The molecule has 0 spiro atoms. The minimum atomic E-state index is -0.557. The highest BCUT2D eigenvalue weighted by Crippen LogP contribution is 2.58. The van der Waals surface area contributed by atoms with Crippen molar-refractivity contribution in [3.8, 4) is 33.4 Å². The molecule has 11 aromatic carbocycles. The lowest BCUT2D eigenvalue weighted by Crippen LogP contribution is -2.28. The summed E-state index contributed by atoms with van der Waals surface area (Å²) < 4.78 is 13.9. The molecule has 3 nitrogen and oxygen atoms in total. The molecule has 0 radical (unpaired) electrons. The summed E-state index contributed by atoms with van der Waals surface area (Å²) in [6.07, 6.45) is 0. The summed E-state index contributed by atoms with van der Waals surface area (Å²) in [4.78, 5) is 2.42. The Morgan fingerprint density at radius 2 is 0.897 bits per heavy atom. The van der Waals surface area contributed by atoms with Crippen LogP contribution in [0.5, 0.6) is 0 Å². The first kappa shape index (κ1) is 38.4. The van der Waals surface area contributed by atoms with Gasteiger partial charge in [-0.15, -0.1) is 0 Å². The minimum absolute atomic E-state index is 0.557. The van der Waals surface area contributed by atoms with E-state index in [-0.39, 0.29) is 0 Å². The van der Waals surface area contributed by atoms with Gasteiger partial charge in [0.05, 0.1) is 11.1 Å². The molecular formula is C65H41NO2. The largest absolute Gasteiger partial charge is 0.455 e. The monoisotopic (exact) mass is 867 g/mol. The molecule has 0 bridgehead atoms. The van der Waals surface area contributed by atoms with Crippen molar-refractivity contribution in [2.45, 2.75) is 5.41 Å². The van der Waals surface area contributed by atoms with Crippen LogP contribution in [0.25, 0.3) is 88.0 Å². The highest BCUT2D eigenvalue weighted by Gasteiger charge is 2.46. The molecule has 0 atom stereocenters. The lowest BCUT2D eigenvalue weighted by atomic mass is 9.67. The molecule has 3 heteroatoms. The summed E-state index contributed by atoms with van der Waals surface area (Å²) in [6, 6.07) is 89.9. The topological polar surface area (TPSA) is 29.5 Å². The number of nitrogens with zero attached hydrogens (tertiary/aromatic N) is 1. The van der Waals surface area contributed by atoms with Gasteiger partial charge < -0.3 is 13.7 Å². The van der Waals surface area contributed by atoms with Gasteiger partial charge in [-0.25, -0.2) is 0 Å². The van der Waals surface area contributed by atoms with Gasteiger partial charge in [0, 0.05) is 55.7 Å². The van der Waals surface area contributed by atoms with E-state index in [2.05, 4.69) is 241 Å². The predicted octanol–water partition coefficient (Wildman–Crippen LogP) is 17.8. The van der Waals surface area contributed by atoms with Gasteiger partial charge in [0.25, 0.3) is 0 Å². The van der Waals surface area contributed by atoms with Crippen molar-refractivity contribution in [1.29, 1.82) is 0 Å². The molecule has 0 unspecified atom stereocenters. The van der Waals surface area contributed by atoms with Crippen molar-refractivity contribution in [3.05, 3.63) is 271 Å². The van der Waals surface area contributed by atoms with E-state index in [9.17, 15) is 0 Å². The lowest BCUT2D eigenvalue weighted by molar-refractivity contribution is 0.665. The molecular weight excluding hydrogens is 827 g/mol. The van der Waals surface area contributed by atoms with Crippen molar-refractivity contribution < 1.29 is 8.83 Å². The maximum atomic E-state index is 7.24. The van der Waals surface area contributed by atoms with Crippen LogP contribution in [-0.4, -0.2) is 0 Å². The molecule has 2 heterocycles. The van der Waals surface area contributed by atoms with Crippen LogP contribution >= 0.6 is 0 Å². The van der Waals surface area contributed by atoms with Crippen molar-refractivity contribution in [1.82, 2.24) is 0 Å². The average molecular weight is 868 g/mol. The summed E-state index contributed by atoms with van der Waals surface area (Å²) in [6.45, 7) is 0. The Morgan fingerprint density at radius 1 is 0.324 bits per heavy atom. The molecule has 0 aliphatic heterocycles. The minimum Gasteiger partial charge on any atom is -0.455 e. The highest BCUT2D eigenvalue weighted by molar-refractivity contribution is 6.22. The highest BCUT2D eigenvalue weighted by atomic mass is 16.3. The van der Waals surface area contributed by atoms with Crippen molar-refractivity contribution in [3.63, 3.8) is 0 Å². The molecule has 2 aromatic heterocycles. The van der Waals surface area contributed by atoms with E-state index in [4.69, 9.17) is 8.83 Å². The molecule has 14 rings (SSSR count). The van der Waals surface area contributed by atoms with Crippen molar-refractivity contribution in [2.24, 2.45) is 0 Å². The summed E-state index contributed by atoms with van der Waals surface area (Å²) >= 11 is 0. The van der Waals surface area contributed by atoms with Crippen LogP contribution in [0.2, 0.25) is 0 Å². The van der Waals surface area contributed by atoms with Gasteiger partial charge in [0.15, 0.2) is 0 Å². The van der Waals surface area contributed by atoms with Crippen LogP contribution in [0.4, 0.5) is 17.1 Å². The molecule has 318 valence electrons. The first-order chi connectivity index (χ1) is 33.7. The average Bonchev–Trinajstić information content (AvgIpc) is 4.07. The molecule has 0 fully saturated rings. The number of hydrogen-bond acceptors (Lipinski definition) is 3. The second-order valence-electron chi connectivity index (χ2n) is 17.9. The summed E-state index contributed by atoms with van der Waals surface area (Å²) in [7, 11) is 0. The maximum absolute atomic E-state index is 7.24. The fourth-order valence-electron chi connectivity index (χ4n) is 11.4. The summed E-state index contributed by atoms with van der Waals surface area (Å²) in [5.41, 5.74) is 17.7. The normalized spacial score (nSPS) is 12.8. The van der Waals surface area contributed by atoms with Crippen LogP contribution in [0.1, 0.15) is 22.3 Å². The van der Waals surface area contributed by atoms with E-state index in [1.807, 2.05) is 12.1 Å². The van der Waals surface area contributed by atoms with Crippen molar-refractivity contribution in [2.75, 3.05) is 4.90 Å². The van der Waals surface area contributed by atoms with E-state index in [0.29, 0.717) is 0 Å². The van der Waals surface area contributed by atoms with Gasteiger partial charge in [0.2, 0.25) is 0 Å². The molecule has 0 amide bonds. The zero-order chi connectivity index (χ0) is 44.8. The molecule has 0 N–H and O–H groups in total. The van der Waals surface area contributed by atoms with Gasteiger partial charge in [0.1, 0.15) is 22.3 Å². The Labute approximate surface area is 393 Å². The van der Waals surface area contributed by atoms with Crippen LogP contribution in [0.3, 0.4) is 0 Å². The molecule has 1 aliphatic rings.